The Balaban J connectivity index is 2.08. The average molecular weight is 355 g/mol. The molecule has 0 aliphatic carbocycles. The third-order valence-corrected chi connectivity index (χ3v) is 4.29. The van der Waals surface area contributed by atoms with Crippen molar-refractivity contribution in [1.82, 2.24) is 24.9 Å². The predicted octanol–water partition coefficient (Wildman–Crippen LogP) is -0.675. The van der Waals surface area contributed by atoms with Crippen molar-refractivity contribution in [3.63, 3.8) is 0 Å². The van der Waals surface area contributed by atoms with E-state index in [-0.39, 0.29) is 30.9 Å². The molecule has 0 unspecified atom stereocenters. The molecule has 1 fully saturated rings. The fraction of sp³-hybridized carbons (Fsp3) is 0.571. The highest BCUT2D eigenvalue weighted by atomic mass is 32.2. The zero-order chi connectivity index (χ0) is 17.7. The van der Waals surface area contributed by atoms with E-state index in [1.165, 1.54) is 6.92 Å². The molecule has 0 radical (unpaired) electrons. The Morgan fingerprint density at radius 2 is 2.12 bits per heavy atom. The summed E-state index contributed by atoms with van der Waals surface area (Å²) in [6.45, 7) is 1.97. The molecule has 1 aromatic heterocycles. The van der Waals surface area contributed by atoms with Gasteiger partial charge in [0.05, 0.1) is 49.2 Å². The average Bonchev–Trinajstić information content (AvgIpc) is 3.00. The first-order valence-electron chi connectivity index (χ1n) is 7.55. The number of likely N-dealkylation sites (tertiary alicyclic amines) is 1. The van der Waals surface area contributed by atoms with Crippen molar-refractivity contribution in [3.05, 3.63) is 23.8 Å². The van der Waals surface area contributed by atoms with Crippen LogP contribution in [0.5, 0.6) is 0 Å². The van der Waals surface area contributed by atoms with Crippen LogP contribution in [0.1, 0.15) is 37.2 Å². The van der Waals surface area contributed by atoms with Gasteiger partial charge in [0.15, 0.2) is 0 Å². The van der Waals surface area contributed by atoms with Gasteiger partial charge in [0.1, 0.15) is 0 Å². The molecular weight excluding hydrogens is 334 g/mol. The molecule has 1 aromatic rings. The van der Waals surface area contributed by atoms with Gasteiger partial charge in [-0.3, -0.25) is 19.6 Å². The molecule has 10 heteroatoms. The molecule has 0 saturated carbocycles. The summed E-state index contributed by atoms with van der Waals surface area (Å²) < 4.78 is 24.5. The first-order chi connectivity index (χ1) is 11.3. The Morgan fingerprint density at radius 3 is 2.79 bits per heavy atom. The standard InChI is InChI=1S/C14H21N5O4S/c1-10(20)16-7-11-6-15-8-12(18-11)13-4-3-5-19(13)14(21)9-17-24(2,22)23/h6,8,13,17H,3-5,7,9H2,1-2H3,(H,16,20)/t13-/m1/s1. The number of sulfonamides is 1. The number of amides is 2. The van der Waals surface area contributed by atoms with Crippen LogP contribution in [-0.2, 0) is 26.2 Å². The third-order valence-electron chi connectivity index (χ3n) is 3.62. The van der Waals surface area contributed by atoms with Crippen molar-refractivity contribution >= 4 is 21.8 Å². The number of nitrogens with zero attached hydrogens (tertiary/aromatic N) is 3. The van der Waals surface area contributed by atoms with Crippen LogP contribution >= 0.6 is 0 Å². The molecule has 9 nitrogen and oxygen atoms in total. The van der Waals surface area contributed by atoms with Crippen molar-refractivity contribution in [2.24, 2.45) is 0 Å². The monoisotopic (exact) mass is 355 g/mol. The Labute approximate surface area is 140 Å². The van der Waals surface area contributed by atoms with E-state index in [9.17, 15) is 18.0 Å². The lowest BCUT2D eigenvalue weighted by molar-refractivity contribution is -0.131. The van der Waals surface area contributed by atoms with E-state index in [4.69, 9.17) is 0 Å². The summed E-state index contributed by atoms with van der Waals surface area (Å²) >= 11 is 0. The highest BCUT2D eigenvalue weighted by molar-refractivity contribution is 7.88. The van der Waals surface area contributed by atoms with Gasteiger partial charge in [0.25, 0.3) is 0 Å². The normalized spacial score (nSPS) is 17.8. The van der Waals surface area contributed by atoms with Gasteiger partial charge >= 0.3 is 0 Å². The van der Waals surface area contributed by atoms with E-state index in [2.05, 4.69) is 20.0 Å². The van der Waals surface area contributed by atoms with E-state index >= 15 is 0 Å². The van der Waals surface area contributed by atoms with E-state index in [1.54, 1.807) is 17.3 Å². The lowest BCUT2D eigenvalue weighted by Gasteiger charge is -2.24. The molecule has 2 amide bonds. The lowest BCUT2D eigenvalue weighted by atomic mass is 10.1. The van der Waals surface area contributed by atoms with E-state index in [0.29, 0.717) is 17.9 Å². The number of hydrogen-bond donors (Lipinski definition) is 2. The van der Waals surface area contributed by atoms with Gasteiger partial charge < -0.3 is 10.2 Å². The first-order valence-corrected chi connectivity index (χ1v) is 9.45. The summed E-state index contributed by atoms with van der Waals surface area (Å²) in [7, 11) is -3.42. The summed E-state index contributed by atoms with van der Waals surface area (Å²) in [5, 5.41) is 2.65. The third kappa shape index (κ3) is 5.24. The number of aromatic nitrogens is 2. The topological polar surface area (TPSA) is 121 Å². The van der Waals surface area contributed by atoms with Crippen molar-refractivity contribution in [1.29, 1.82) is 0 Å². The Morgan fingerprint density at radius 1 is 1.38 bits per heavy atom. The summed E-state index contributed by atoms with van der Waals surface area (Å²) in [6.07, 6.45) is 5.72. The maximum absolute atomic E-state index is 12.3. The lowest BCUT2D eigenvalue weighted by Crippen LogP contribution is -2.39. The van der Waals surface area contributed by atoms with Gasteiger partial charge in [-0.15, -0.1) is 0 Å². The molecule has 0 aromatic carbocycles. The molecule has 132 valence electrons. The predicted molar refractivity (Wildman–Crippen MR) is 86.1 cm³/mol. The molecule has 24 heavy (non-hydrogen) atoms. The fourth-order valence-corrected chi connectivity index (χ4v) is 2.94. The summed E-state index contributed by atoms with van der Waals surface area (Å²) in [4.78, 5) is 33.5. The van der Waals surface area contributed by atoms with Crippen LogP contribution in [0.3, 0.4) is 0 Å². The van der Waals surface area contributed by atoms with Crippen LogP contribution < -0.4 is 10.0 Å². The van der Waals surface area contributed by atoms with Gasteiger partial charge in [-0.1, -0.05) is 0 Å². The van der Waals surface area contributed by atoms with Crippen LogP contribution in [0.25, 0.3) is 0 Å². The molecule has 1 aliphatic rings. The molecular formula is C14H21N5O4S. The van der Waals surface area contributed by atoms with Gasteiger partial charge in [0, 0.05) is 13.5 Å². The van der Waals surface area contributed by atoms with Crippen LogP contribution in [-0.4, -0.2) is 54.4 Å². The minimum Gasteiger partial charge on any atom is -0.351 e. The van der Waals surface area contributed by atoms with Crippen LogP contribution in [0.15, 0.2) is 12.4 Å². The zero-order valence-electron chi connectivity index (χ0n) is 13.7. The second-order valence-electron chi connectivity index (χ2n) is 5.68. The first kappa shape index (κ1) is 18.3. The minimum absolute atomic E-state index is 0.160. The number of hydrogen-bond acceptors (Lipinski definition) is 6. The molecule has 2 N–H and O–H groups in total. The van der Waals surface area contributed by atoms with Crippen LogP contribution in [0.4, 0.5) is 0 Å². The van der Waals surface area contributed by atoms with E-state index in [1.807, 2.05) is 0 Å². The van der Waals surface area contributed by atoms with Gasteiger partial charge in [0.2, 0.25) is 21.8 Å². The number of nitrogens with one attached hydrogen (secondary N) is 2. The van der Waals surface area contributed by atoms with Crippen LogP contribution in [0.2, 0.25) is 0 Å². The molecule has 1 saturated heterocycles. The smallest absolute Gasteiger partial charge is 0.238 e. The van der Waals surface area contributed by atoms with Gasteiger partial charge in [-0.2, -0.15) is 0 Å². The highest BCUT2D eigenvalue weighted by Gasteiger charge is 2.31. The SMILES string of the molecule is CC(=O)NCc1cncc([C@H]2CCCN2C(=O)CNS(C)(=O)=O)n1. The maximum atomic E-state index is 12.3. The summed E-state index contributed by atoms with van der Waals surface area (Å²) in [6, 6.07) is -0.233. The van der Waals surface area contributed by atoms with Crippen molar-refractivity contribution in [2.75, 3.05) is 19.3 Å². The fourth-order valence-electron chi connectivity index (χ4n) is 2.55. The minimum atomic E-state index is -3.42. The van der Waals surface area contributed by atoms with Crippen molar-refractivity contribution in [2.45, 2.75) is 32.4 Å². The van der Waals surface area contributed by atoms with E-state index < -0.39 is 10.0 Å². The Kier molecular flexibility index (Phi) is 5.84. The molecule has 0 bridgehead atoms. The molecule has 2 heterocycles. The summed E-state index contributed by atoms with van der Waals surface area (Å²) in [5.74, 6) is -0.455. The molecule has 1 atom stereocenters. The molecule has 2 rings (SSSR count). The molecule has 0 spiro atoms. The van der Waals surface area contributed by atoms with Gasteiger partial charge in [-0.05, 0) is 12.8 Å². The zero-order valence-corrected chi connectivity index (χ0v) is 14.5. The van der Waals surface area contributed by atoms with E-state index in [0.717, 1.165) is 19.1 Å². The van der Waals surface area contributed by atoms with Crippen molar-refractivity contribution in [3.8, 4) is 0 Å². The second kappa shape index (κ2) is 7.67. The largest absolute Gasteiger partial charge is 0.351 e. The molecule has 1 aliphatic heterocycles. The number of rotatable bonds is 6. The van der Waals surface area contributed by atoms with Crippen molar-refractivity contribution < 1.29 is 18.0 Å². The van der Waals surface area contributed by atoms with Gasteiger partial charge in [-0.25, -0.2) is 13.1 Å². The Bertz CT molecular complexity index is 722. The van der Waals surface area contributed by atoms with Crippen LogP contribution in [0, 0.1) is 0 Å². The highest BCUT2D eigenvalue weighted by Crippen LogP contribution is 2.30. The second-order valence-corrected chi connectivity index (χ2v) is 7.52. The maximum Gasteiger partial charge on any atom is 0.238 e. The number of carbonyl (C=O) groups excluding carboxylic acids is 2. The quantitative estimate of drug-likeness (QED) is 0.698. The summed E-state index contributed by atoms with van der Waals surface area (Å²) in [5.41, 5.74) is 1.25. The number of carbonyl (C=O) groups is 2. The Hall–Kier alpha value is -2.07.